The lowest BCUT2D eigenvalue weighted by Gasteiger charge is -2.25. The van der Waals surface area contributed by atoms with Crippen LogP contribution in [0.5, 0.6) is 0 Å². The van der Waals surface area contributed by atoms with Crippen molar-refractivity contribution in [3.63, 3.8) is 0 Å². The number of carbonyl (C=O) groups is 1. The molecule has 2 aliphatic rings. The molecule has 0 aromatic rings. The predicted molar refractivity (Wildman–Crippen MR) is 66.4 cm³/mol. The van der Waals surface area contributed by atoms with Crippen molar-refractivity contribution in [2.75, 3.05) is 13.1 Å². The van der Waals surface area contributed by atoms with Crippen molar-refractivity contribution in [2.24, 2.45) is 11.8 Å². The number of hydrogen-bond donors (Lipinski definition) is 0. The molecule has 0 aliphatic heterocycles. The number of hydrogen-bond acceptors (Lipinski definition) is 2. The molecule has 2 nitrogen and oxygen atoms in total. The second-order valence-corrected chi connectivity index (χ2v) is 5.96. The van der Waals surface area contributed by atoms with Gasteiger partial charge in [-0.05, 0) is 44.6 Å². The van der Waals surface area contributed by atoms with Crippen LogP contribution in [0.25, 0.3) is 0 Å². The Morgan fingerprint density at radius 1 is 1.31 bits per heavy atom. The van der Waals surface area contributed by atoms with E-state index in [1.54, 1.807) is 0 Å². The van der Waals surface area contributed by atoms with Crippen LogP contribution in [0, 0.1) is 11.8 Å². The van der Waals surface area contributed by atoms with Crippen molar-refractivity contribution in [3.05, 3.63) is 0 Å². The molecule has 0 amide bonds. The quantitative estimate of drug-likeness (QED) is 0.690. The van der Waals surface area contributed by atoms with Gasteiger partial charge < -0.3 is 4.90 Å². The summed E-state index contributed by atoms with van der Waals surface area (Å²) in [5.74, 6) is 1.67. The maximum Gasteiger partial charge on any atom is 0.136 e. The third-order valence-corrected chi connectivity index (χ3v) is 3.86. The van der Waals surface area contributed by atoms with Gasteiger partial charge in [-0.2, -0.15) is 0 Å². The third kappa shape index (κ3) is 3.31. The van der Waals surface area contributed by atoms with Crippen molar-refractivity contribution in [1.82, 2.24) is 4.90 Å². The summed E-state index contributed by atoms with van der Waals surface area (Å²) in [4.78, 5) is 14.2. The molecular formula is C14H25NO. The van der Waals surface area contributed by atoms with Gasteiger partial charge in [0, 0.05) is 24.9 Å². The van der Waals surface area contributed by atoms with E-state index in [1.165, 1.54) is 19.4 Å². The summed E-state index contributed by atoms with van der Waals surface area (Å²) in [5, 5.41) is 0. The third-order valence-electron chi connectivity index (χ3n) is 3.86. The van der Waals surface area contributed by atoms with E-state index < -0.39 is 0 Å². The highest BCUT2D eigenvalue weighted by Crippen LogP contribution is 2.30. The molecule has 0 spiro atoms. The number of ketones is 1. The van der Waals surface area contributed by atoms with Gasteiger partial charge in [0.25, 0.3) is 0 Å². The molecule has 2 rings (SSSR count). The van der Waals surface area contributed by atoms with Gasteiger partial charge in [-0.3, -0.25) is 4.79 Å². The zero-order valence-electron chi connectivity index (χ0n) is 10.7. The van der Waals surface area contributed by atoms with E-state index in [9.17, 15) is 4.79 Å². The van der Waals surface area contributed by atoms with Gasteiger partial charge >= 0.3 is 0 Å². The van der Waals surface area contributed by atoms with Gasteiger partial charge in [0.1, 0.15) is 5.78 Å². The summed E-state index contributed by atoms with van der Waals surface area (Å²) in [6.45, 7) is 6.94. The van der Waals surface area contributed by atoms with Crippen LogP contribution in [0.2, 0.25) is 0 Å². The topological polar surface area (TPSA) is 20.3 Å². The Morgan fingerprint density at radius 3 is 2.56 bits per heavy atom. The van der Waals surface area contributed by atoms with Gasteiger partial charge in [-0.1, -0.05) is 13.8 Å². The summed E-state index contributed by atoms with van der Waals surface area (Å²) in [7, 11) is 0. The highest BCUT2D eigenvalue weighted by atomic mass is 16.1. The number of Topliss-reactive ketones (excluding diaryl/α,β-unsaturated/α-hetero) is 1. The first kappa shape index (κ1) is 12.1. The molecule has 1 unspecified atom stereocenters. The van der Waals surface area contributed by atoms with Gasteiger partial charge in [0.15, 0.2) is 0 Å². The van der Waals surface area contributed by atoms with E-state index in [2.05, 4.69) is 18.7 Å². The molecule has 0 heterocycles. The summed E-state index contributed by atoms with van der Waals surface area (Å²) in [5.41, 5.74) is 0. The molecule has 0 aromatic carbocycles. The highest BCUT2D eigenvalue weighted by molar-refractivity contribution is 5.82. The van der Waals surface area contributed by atoms with Gasteiger partial charge in [-0.25, -0.2) is 0 Å². The lowest BCUT2D eigenvalue weighted by molar-refractivity contribution is -0.120. The molecule has 1 atom stereocenters. The zero-order valence-corrected chi connectivity index (χ0v) is 10.7. The van der Waals surface area contributed by atoms with Crippen LogP contribution in [0.4, 0.5) is 0 Å². The first-order chi connectivity index (χ1) is 7.66. The molecule has 2 heteroatoms. The Balaban J connectivity index is 1.75. The first-order valence-electron chi connectivity index (χ1n) is 6.93. The maximum atomic E-state index is 11.6. The second kappa shape index (κ2) is 5.31. The molecule has 2 saturated carbocycles. The maximum absolute atomic E-state index is 11.6. The number of carbonyl (C=O) groups excluding carboxylic acids is 1. The van der Waals surface area contributed by atoms with Crippen molar-refractivity contribution < 1.29 is 4.79 Å². The van der Waals surface area contributed by atoms with E-state index in [0.717, 1.165) is 44.2 Å². The lowest BCUT2D eigenvalue weighted by atomic mass is 10.0. The Bertz CT molecular complexity index is 245. The molecule has 0 aromatic heterocycles. The number of rotatable bonds is 6. The van der Waals surface area contributed by atoms with E-state index in [0.29, 0.717) is 11.7 Å². The standard InChI is InChI=1S/C14H25NO/c1-11(2)10-15(13-6-7-13)9-8-12-4-3-5-14(12)16/h11-13H,3-10H2,1-2H3. The summed E-state index contributed by atoms with van der Waals surface area (Å²) >= 11 is 0. The average Bonchev–Trinajstić information content (AvgIpc) is 2.98. The minimum absolute atomic E-state index is 0.397. The molecule has 0 saturated heterocycles. The van der Waals surface area contributed by atoms with Crippen molar-refractivity contribution in [3.8, 4) is 0 Å². The van der Waals surface area contributed by atoms with Crippen LogP contribution in [0.3, 0.4) is 0 Å². The summed E-state index contributed by atoms with van der Waals surface area (Å²) < 4.78 is 0. The normalized spacial score (nSPS) is 26.0. The predicted octanol–water partition coefficient (Wildman–Crippen LogP) is 2.87. The molecule has 16 heavy (non-hydrogen) atoms. The summed E-state index contributed by atoms with van der Waals surface area (Å²) in [6.07, 6.45) is 7.01. The smallest absolute Gasteiger partial charge is 0.136 e. The molecule has 2 aliphatic carbocycles. The van der Waals surface area contributed by atoms with Crippen LogP contribution in [0.1, 0.15) is 52.4 Å². The zero-order chi connectivity index (χ0) is 11.5. The highest BCUT2D eigenvalue weighted by Gasteiger charge is 2.31. The van der Waals surface area contributed by atoms with Gasteiger partial charge in [0.2, 0.25) is 0 Å². The molecular weight excluding hydrogens is 198 g/mol. The van der Waals surface area contributed by atoms with E-state index >= 15 is 0 Å². The van der Waals surface area contributed by atoms with Crippen LogP contribution in [-0.4, -0.2) is 29.8 Å². The number of nitrogens with zero attached hydrogens (tertiary/aromatic N) is 1. The van der Waals surface area contributed by atoms with Crippen molar-refractivity contribution in [2.45, 2.75) is 58.4 Å². The van der Waals surface area contributed by atoms with Gasteiger partial charge in [0.05, 0.1) is 0 Å². The Labute approximate surface area is 99.4 Å². The second-order valence-electron chi connectivity index (χ2n) is 5.96. The van der Waals surface area contributed by atoms with Gasteiger partial charge in [-0.15, -0.1) is 0 Å². The van der Waals surface area contributed by atoms with Crippen molar-refractivity contribution >= 4 is 5.78 Å². The monoisotopic (exact) mass is 223 g/mol. The van der Waals surface area contributed by atoms with Crippen LogP contribution >= 0.6 is 0 Å². The van der Waals surface area contributed by atoms with Crippen molar-refractivity contribution in [1.29, 1.82) is 0 Å². The van der Waals surface area contributed by atoms with E-state index in [1.807, 2.05) is 0 Å². The molecule has 0 radical (unpaired) electrons. The Morgan fingerprint density at radius 2 is 2.06 bits per heavy atom. The summed E-state index contributed by atoms with van der Waals surface area (Å²) in [6, 6.07) is 0.846. The molecule has 2 fully saturated rings. The Hall–Kier alpha value is -0.370. The van der Waals surface area contributed by atoms with Crippen LogP contribution < -0.4 is 0 Å². The average molecular weight is 223 g/mol. The van der Waals surface area contributed by atoms with E-state index in [-0.39, 0.29) is 0 Å². The fourth-order valence-corrected chi connectivity index (χ4v) is 2.85. The minimum atomic E-state index is 0.397. The lowest BCUT2D eigenvalue weighted by Crippen LogP contribution is -2.32. The molecule has 0 N–H and O–H groups in total. The SMILES string of the molecule is CC(C)CN(CCC1CCCC1=O)C1CC1. The first-order valence-corrected chi connectivity index (χ1v) is 6.93. The largest absolute Gasteiger partial charge is 0.300 e. The molecule has 92 valence electrons. The van der Waals surface area contributed by atoms with Crippen LogP contribution in [0.15, 0.2) is 0 Å². The minimum Gasteiger partial charge on any atom is -0.300 e. The fraction of sp³-hybridized carbons (Fsp3) is 0.929. The van der Waals surface area contributed by atoms with E-state index in [4.69, 9.17) is 0 Å². The van der Waals surface area contributed by atoms with Crippen LogP contribution in [-0.2, 0) is 4.79 Å². The molecule has 0 bridgehead atoms. The fourth-order valence-electron chi connectivity index (χ4n) is 2.85. The Kier molecular flexibility index (Phi) is 4.01.